The van der Waals surface area contributed by atoms with Crippen molar-refractivity contribution in [1.29, 1.82) is 0 Å². The maximum atomic E-state index is 12.9. The second-order valence-corrected chi connectivity index (χ2v) is 8.96. The number of carbonyl (C=O) groups is 3. The number of hydrogen-bond donors (Lipinski definition) is 2. The minimum Gasteiger partial charge on any atom is -0.450 e. The van der Waals surface area contributed by atoms with Gasteiger partial charge in [0.25, 0.3) is 5.91 Å². The zero-order valence-corrected chi connectivity index (χ0v) is 18.2. The zero-order valence-electron chi connectivity index (χ0n) is 16.6. The number of thioether (sulfide) groups is 1. The summed E-state index contributed by atoms with van der Waals surface area (Å²) in [5, 5.41) is 5.55. The monoisotopic (exact) mass is 450 g/mol. The molecule has 1 aromatic carbocycles. The van der Waals surface area contributed by atoms with Crippen molar-refractivity contribution in [2.75, 3.05) is 17.7 Å². The van der Waals surface area contributed by atoms with Crippen LogP contribution in [-0.2, 0) is 22.4 Å². The third kappa shape index (κ3) is 5.82. The van der Waals surface area contributed by atoms with Crippen molar-refractivity contribution >= 4 is 46.0 Å². The quantitative estimate of drug-likeness (QED) is 0.447. The van der Waals surface area contributed by atoms with Crippen LogP contribution in [0.4, 0.5) is 14.2 Å². The highest BCUT2D eigenvalue weighted by atomic mass is 32.2. The van der Waals surface area contributed by atoms with Crippen LogP contribution in [0.5, 0.6) is 0 Å². The summed E-state index contributed by atoms with van der Waals surface area (Å²) in [4.78, 5) is 38.7. The molecule has 0 saturated carbocycles. The van der Waals surface area contributed by atoms with Crippen LogP contribution in [-0.4, -0.2) is 30.3 Å². The average Bonchev–Trinajstić information content (AvgIpc) is 3.27. The van der Waals surface area contributed by atoms with E-state index in [1.807, 2.05) is 0 Å². The lowest BCUT2D eigenvalue weighted by molar-refractivity contribution is -0.116. The number of imide groups is 1. The fourth-order valence-corrected chi connectivity index (χ4v) is 5.35. The second-order valence-electron chi connectivity index (χ2n) is 6.69. The Morgan fingerprint density at radius 1 is 1.20 bits per heavy atom. The topological polar surface area (TPSA) is 84.5 Å². The zero-order chi connectivity index (χ0) is 21.5. The Labute approximate surface area is 182 Å². The lowest BCUT2D eigenvalue weighted by Gasteiger charge is -2.09. The highest BCUT2D eigenvalue weighted by Gasteiger charge is 2.28. The lowest BCUT2D eigenvalue weighted by atomic mass is 10.1. The number of rotatable bonds is 8. The molecule has 0 unspecified atom stereocenters. The normalized spacial score (nSPS) is 12.3. The van der Waals surface area contributed by atoms with E-state index in [0.717, 1.165) is 40.4 Å². The molecule has 6 nitrogen and oxygen atoms in total. The number of carbonyl (C=O) groups excluding carboxylic acids is 3. The molecule has 0 fully saturated rings. The van der Waals surface area contributed by atoms with E-state index in [-0.39, 0.29) is 18.3 Å². The highest BCUT2D eigenvalue weighted by Crippen LogP contribution is 2.39. The Bertz CT molecular complexity index is 928. The minimum absolute atomic E-state index is 0.167. The molecule has 3 amide bonds. The van der Waals surface area contributed by atoms with Gasteiger partial charge in [0, 0.05) is 16.2 Å². The Hall–Kier alpha value is -2.39. The van der Waals surface area contributed by atoms with Crippen LogP contribution in [0.3, 0.4) is 0 Å². The third-order valence-electron chi connectivity index (χ3n) is 4.52. The highest BCUT2D eigenvalue weighted by molar-refractivity contribution is 7.99. The molecule has 0 saturated heterocycles. The van der Waals surface area contributed by atoms with E-state index >= 15 is 0 Å². The molecule has 1 heterocycles. The summed E-state index contributed by atoms with van der Waals surface area (Å²) in [6, 6.07) is 6.24. The summed E-state index contributed by atoms with van der Waals surface area (Å²) in [5.41, 5.74) is 1.28. The van der Waals surface area contributed by atoms with E-state index in [2.05, 4.69) is 10.6 Å². The third-order valence-corrected chi connectivity index (χ3v) is 6.83. The van der Waals surface area contributed by atoms with Crippen LogP contribution in [0, 0.1) is 5.82 Å². The molecule has 0 aliphatic heterocycles. The lowest BCUT2D eigenvalue weighted by Crippen LogP contribution is -2.32. The summed E-state index contributed by atoms with van der Waals surface area (Å²) < 4.78 is 17.7. The van der Waals surface area contributed by atoms with Crippen LogP contribution in [0.2, 0.25) is 0 Å². The number of thiophene rings is 1. The molecule has 0 bridgehead atoms. The number of hydrogen-bond acceptors (Lipinski definition) is 6. The molecule has 1 aromatic heterocycles. The van der Waals surface area contributed by atoms with E-state index in [4.69, 9.17) is 4.74 Å². The second kappa shape index (κ2) is 10.6. The van der Waals surface area contributed by atoms with Gasteiger partial charge in [0.15, 0.2) is 0 Å². The van der Waals surface area contributed by atoms with Crippen molar-refractivity contribution in [3.8, 4) is 0 Å². The van der Waals surface area contributed by atoms with Crippen molar-refractivity contribution < 1.29 is 23.5 Å². The minimum atomic E-state index is -0.796. The van der Waals surface area contributed by atoms with Gasteiger partial charge < -0.3 is 10.1 Å². The van der Waals surface area contributed by atoms with Crippen molar-refractivity contribution in [2.45, 2.75) is 43.9 Å². The standard InChI is InChI=1S/C21H23FN2O4S2/c1-2-28-21(27)24-19(26)18-15-5-3-6-16(15)30-20(18)23-17(25)7-4-12-29-14-10-8-13(22)9-11-14/h8-11H,2-7,12H2,1H3,(H,23,25)(H,24,26,27). The van der Waals surface area contributed by atoms with Crippen LogP contribution >= 0.6 is 23.1 Å². The van der Waals surface area contributed by atoms with Gasteiger partial charge in [-0.25, -0.2) is 9.18 Å². The molecule has 0 atom stereocenters. The number of fused-ring (bicyclic) bond motifs is 1. The van der Waals surface area contributed by atoms with Crippen LogP contribution in [0.25, 0.3) is 0 Å². The number of nitrogens with one attached hydrogen (secondary N) is 2. The van der Waals surface area contributed by atoms with E-state index in [0.29, 0.717) is 23.4 Å². The summed E-state index contributed by atoms with van der Waals surface area (Å²) in [7, 11) is 0. The number of aryl methyl sites for hydroxylation is 1. The molecule has 9 heteroatoms. The maximum Gasteiger partial charge on any atom is 0.414 e. The summed E-state index contributed by atoms with van der Waals surface area (Å²) in [6.45, 7) is 1.83. The van der Waals surface area contributed by atoms with E-state index in [1.165, 1.54) is 23.5 Å². The molecule has 0 radical (unpaired) electrons. The molecule has 2 aromatic rings. The number of benzene rings is 1. The molecular formula is C21H23FN2O4S2. The van der Waals surface area contributed by atoms with E-state index in [1.54, 1.807) is 30.8 Å². The van der Waals surface area contributed by atoms with Crippen molar-refractivity contribution in [3.63, 3.8) is 0 Å². The van der Waals surface area contributed by atoms with Crippen molar-refractivity contribution in [2.24, 2.45) is 0 Å². The van der Waals surface area contributed by atoms with Crippen molar-refractivity contribution in [3.05, 3.63) is 46.1 Å². The molecule has 3 rings (SSSR count). The van der Waals surface area contributed by atoms with Gasteiger partial charge in [-0.15, -0.1) is 23.1 Å². The average molecular weight is 451 g/mol. The summed E-state index contributed by atoms with van der Waals surface area (Å²) in [6.07, 6.45) is 2.72. The van der Waals surface area contributed by atoms with E-state index in [9.17, 15) is 18.8 Å². The summed E-state index contributed by atoms with van der Waals surface area (Å²) in [5.74, 6) is -0.282. The van der Waals surface area contributed by atoms with Crippen LogP contribution in [0.1, 0.15) is 47.0 Å². The molecule has 0 spiro atoms. The number of halogens is 1. The first kappa shape index (κ1) is 22.3. The Morgan fingerprint density at radius 3 is 2.70 bits per heavy atom. The van der Waals surface area contributed by atoms with Gasteiger partial charge >= 0.3 is 6.09 Å². The number of ether oxygens (including phenoxy) is 1. The Kier molecular flexibility index (Phi) is 7.87. The first-order valence-electron chi connectivity index (χ1n) is 9.78. The smallest absolute Gasteiger partial charge is 0.414 e. The first-order valence-corrected chi connectivity index (χ1v) is 11.6. The number of amides is 3. The molecule has 2 N–H and O–H groups in total. The Balaban J connectivity index is 1.56. The number of alkyl carbamates (subject to hydrolysis) is 1. The van der Waals surface area contributed by atoms with Gasteiger partial charge in [0.2, 0.25) is 5.91 Å². The molecule has 1 aliphatic carbocycles. The van der Waals surface area contributed by atoms with Gasteiger partial charge in [-0.2, -0.15) is 0 Å². The maximum absolute atomic E-state index is 12.9. The van der Waals surface area contributed by atoms with Crippen LogP contribution < -0.4 is 10.6 Å². The van der Waals surface area contributed by atoms with Gasteiger partial charge in [-0.05, 0) is 68.2 Å². The SMILES string of the molecule is CCOC(=O)NC(=O)c1c(NC(=O)CCCSc2ccc(F)cc2)sc2c1CCC2. The molecule has 160 valence electrons. The molecule has 30 heavy (non-hydrogen) atoms. The fraction of sp³-hybridized carbons (Fsp3) is 0.381. The van der Waals surface area contributed by atoms with Gasteiger partial charge in [-0.3, -0.25) is 14.9 Å². The first-order chi connectivity index (χ1) is 14.5. The number of anilines is 1. The molecular weight excluding hydrogens is 427 g/mol. The Morgan fingerprint density at radius 2 is 1.97 bits per heavy atom. The van der Waals surface area contributed by atoms with Crippen molar-refractivity contribution in [1.82, 2.24) is 5.32 Å². The summed E-state index contributed by atoms with van der Waals surface area (Å²) >= 11 is 2.95. The van der Waals surface area contributed by atoms with Crippen LogP contribution in [0.15, 0.2) is 29.2 Å². The predicted molar refractivity (Wildman–Crippen MR) is 116 cm³/mol. The predicted octanol–water partition coefficient (Wildman–Crippen LogP) is 4.77. The van der Waals surface area contributed by atoms with Gasteiger partial charge in [0.05, 0.1) is 12.2 Å². The van der Waals surface area contributed by atoms with E-state index < -0.39 is 12.0 Å². The van der Waals surface area contributed by atoms with Gasteiger partial charge in [0.1, 0.15) is 10.8 Å². The fourth-order valence-electron chi connectivity index (χ4n) is 3.20. The van der Waals surface area contributed by atoms with Gasteiger partial charge in [-0.1, -0.05) is 0 Å². The largest absolute Gasteiger partial charge is 0.450 e. The molecule has 1 aliphatic rings.